The molecule has 3 rings (SSSR count). The second-order valence-electron chi connectivity index (χ2n) is 5.14. The smallest absolute Gasteiger partial charge is 0.161 e. The van der Waals surface area contributed by atoms with Gasteiger partial charge in [-0.3, -0.25) is 0 Å². The van der Waals surface area contributed by atoms with Gasteiger partial charge >= 0.3 is 0 Å². The number of nitrogens with one attached hydrogen (secondary N) is 1. The molecule has 0 amide bonds. The molecule has 2 heterocycles. The molecule has 1 aromatic rings. The highest BCUT2D eigenvalue weighted by atomic mass is 32.2. The third-order valence-corrected chi connectivity index (χ3v) is 6.39. The van der Waals surface area contributed by atoms with Gasteiger partial charge in [0.15, 0.2) is 11.5 Å². The molecule has 2 aliphatic rings. The van der Waals surface area contributed by atoms with E-state index < -0.39 is 6.10 Å². The van der Waals surface area contributed by atoms with Crippen molar-refractivity contribution in [3.8, 4) is 11.5 Å². The van der Waals surface area contributed by atoms with Crippen molar-refractivity contribution in [2.75, 3.05) is 43.6 Å². The molecular weight excluding hydrogens is 306 g/mol. The largest absolute Gasteiger partial charge is 0.486 e. The number of fused-ring (bicyclic) bond motifs is 1. The molecule has 0 radical (unpaired) electrons. The zero-order valence-corrected chi connectivity index (χ0v) is 13.5. The van der Waals surface area contributed by atoms with Gasteiger partial charge < -0.3 is 19.9 Å². The molecule has 0 saturated carbocycles. The summed E-state index contributed by atoms with van der Waals surface area (Å²) in [7, 11) is 0. The van der Waals surface area contributed by atoms with Crippen LogP contribution < -0.4 is 14.8 Å². The molecule has 116 valence electrons. The molecular formula is C15H21NO3S2. The van der Waals surface area contributed by atoms with Crippen LogP contribution >= 0.6 is 23.5 Å². The Morgan fingerprint density at radius 3 is 2.90 bits per heavy atom. The highest BCUT2D eigenvalue weighted by Crippen LogP contribution is 2.32. The SMILES string of the molecule is OC(CNCC1CSCCS1)c1ccc2c(c1)OCCO2. The van der Waals surface area contributed by atoms with Crippen LogP contribution in [0.3, 0.4) is 0 Å². The van der Waals surface area contributed by atoms with Crippen molar-refractivity contribution in [3.63, 3.8) is 0 Å². The lowest BCUT2D eigenvalue weighted by Gasteiger charge is -2.23. The molecule has 1 fully saturated rings. The van der Waals surface area contributed by atoms with E-state index in [-0.39, 0.29) is 0 Å². The van der Waals surface area contributed by atoms with Crippen molar-refractivity contribution in [1.82, 2.24) is 5.32 Å². The Kier molecular flexibility index (Phi) is 5.57. The fourth-order valence-electron chi connectivity index (χ4n) is 2.42. The van der Waals surface area contributed by atoms with Gasteiger partial charge in [-0.25, -0.2) is 0 Å². The second-order valence-corrected chi connectivity index (χ2v) is 7.70. The van der Waals surface area contributed by atoms with Gasteiger partial charge in [0.05, 0.1) is 6.10 Å². The van der Waals surface area contributed by atoms with Gasteiger partial charge in [-0.2, -0.15) is 23.5 Å². The third-order valence-electron chi connectivity index (χ3n) is 3.55. The van der Waals surface area contributed by atoms with Crippen molar-refractivity contribution in [2.45, 2.75) is 11.4 Å². The van der Waals surface area contributed by atoms with Crippen LogP contribution in [0.4, 0.5) is 0 Å². The Bertz CT molecular complexity index is 466. The number of aliphatic hydroxyl groups is 1. The lowest BCUT2D eigenvalue weighted by molar-refractivity contribution is 0.163. The molecule has 2 aliphatic heterocycles. The molecule has 21 heavy (non-hydrogen) atoms. The maximum absolute atomic E-state index is 10.3. The number of hydrogen-bond acceptors (Lipinski definition) is 6. The number of ether oxygens (including phenoxy) is 2. The molecule has 1 aromatic carbocycles. The lowest BCUT2D eigenvalue weighted by Crippen LogP contribution is -2.31. The van der Waals surface area contributed by atoms with Crippen molar-refractivity contribution in [1.29, 1.82) is 0 Å². The lowest BCUT2D eigenvalue weighted by atomic mass is 10.1. The molecule has 0 aliphatic carbocycles. The van der Waals surface area contributed by atoms with Crippen LogP contribution in [-0.4, -0.2) is 53.9 Å². The molecule has 2 atom stereocenters. The van der Waals surface area contributed by atoms with Gasteiger partial charge in [-0.15, -0.1) is 0 Å². The van der Waals surface area contributed by atoms with E-state index in [0.717, 1.165) is 23.6 Å². The van der Waals surface area contributed by atoms with E-state index in [1.54, 1.807) is 0 Å². The summed E-state index contributed by atoms with van der Waals surface area (Å²) in [5, 5.41) is 14.3. The highest BCUT2D eigenvalue weighted by Gasteiger charge is 2.17. The van der Waals surface area contributed by atoms with E-state index in [1.807, 2.05) is 41.7 Å². The van der Waals surface area contributed by atoms with E-state index in [4.69, 9.17) is 9.47 Å². The number of hydrogen-bond donors (Lipinski definition) is 2. The molecule has 0 aromatic heterocycles. The van der Waals surface area contributed by atoms with Crippen molar-refractivity contribution in [2.24, 2.45) is 0 Å². The summed E-state index contributed by atoms with van der Waals surface area (Å²) < 4.78 is 11.0. The van der Waals surface area contributed by atoms with Crippen LogP contribution in [0.25, 0.3) is 0 Å². The molecule has 0 bridgehead atoms. The van der Waals surface area contributed by atoms with Gasteiger partial charge in [-0.05, 0) is 17.7 Å². The Morgan fingerprint density at radius 1 is 1.24 bits per heavy atom. The zero-order valence-electron chi connectivity index (χ0n) is 11.9. The molecule has 4 nitrogen and oxygen atoms in total. The van der Waals surface area contributed by atoms with Crippen molar-refractivity contribution < 1.29 is 14.6 Å². The van der Waals surface area contributed by atoms with Gasteiger partial charge in [0, 0.05) is 35.6 Å². The monoisotopic (exact) mass is 327 g/mol. The molecule has 1 saturated heterocycles. The first-order valence-electron chi connectivity index (χ1n) is 7.30. The predicted octanol–water partition coefficient (Wildman–Crippen LogP) is 1.93. The van der Waals surface area contributed by atoms with E-state index >= 15 is 0 Å². The summed E-state index contributed by atoms with van der Waals surface area (Å²) in [6.45, 7) is 2.69. The zero-order chi connectivity index (χ0) is 14.5. The fraction of sp³-hybridized carbons (Fsp3) is 0.600. The number of aliphatic hydroxyl groups excluding tert-OH is 1. The van der Waals surface area contributed by atoms with Crippen LogP contribution in [0.1, 0.15) is 11.7 Å². The Balaban J connectivity index is 1.49. The predicted molar refractivity (Wildman–Crippen MR) is 88.8 cm³/mol. The van der Waals surface area contributed by atoms with Crippen LogP contribution in [0.5, 0.6) is 11.5 Å². The van der Waals surface area contributed by atoms with Crippen molar-refractivity contribution in [3.05, 3.63) is 23.8 Å². The highest BCUT2D eigenvalue weighted by molar-refractivity contribution is 8.06. The topological polar surface area (TPSA) is 50.7 Å². The van der Waals surface area contributed by atoms with E-state index in [2.05, 4.69) is 5.32 Å². The minimum absolute atomic E-state index is 0.512. The first-order valence-corrected chi connectivity index (χ1v) is 9.51. The maximum Gasteiger partial charge on any atom is 0.161 e. The van der Waals surface area contributed by atoms with E-state index in [9.17, 15) is 5.11 Å². The summed E-state index contributed by atoms with van der Waals surface area (Å²) >= 11 is 4.05. The standard InChI is InChI=1S/C15H21NO3S2/c17-13(9-16-8-12-10-20-5-6-21-12)11-1-2-14-15(7-11)19-4-3-18-14/h1-2,7,12-13,16-17H,3-6,8-10H2. The van der Waals surface area contributed by atoms with Crippen LogP contribution in [0.15, 0.2) is 18.2 Å². The number of thioether (sulfide) groups is 2. The first-order chi connectivity index (χ1) is 10.3. The fourth-order valence-corrected chi connectivity index (χ4v) is 5.07. The van der Waals surface area contributed by atoms with Gasteiger partial charge in [0.25, 0.3) is 0 Å². The van der Waals surface area contributed by atoms with Crippen LogP contribution in [-0.2, 0) is 0 Å². The Morgan fingerprint density at radius 2 is 2.10 bits per heavy atom. The Hall–Kier alpha value is -0.560. The summed E-state index contributed by atoms with van der Waals surface area (Å²) in [6.07, 6.45) is -0.512. The third kappa shape index (κ3) is 4.22. The maximum atomic E-state index is 10.3. The minimum Gasteiger partial charge on any atom is -0.486 e. The second kappa shape index (κ2) is 7.63. The van der Waals surface area contributed by atoms with Crippen molar-refractivity contribution >= 4 is 23.5 Å². The summed E-state index contributed by atoms with van der Waals surface area (Å²) in [6, 6.07) is 5.66. The molecule has 2 N–H and O–H groups in total. The molecule has 0 spiro atoms. The number of rotatable bonds is 5. The van der Waals surface area contributed by atoms with Gasteiger partial charge in [0.2, 0.25) is 0 Å². The minimum atomic E-state index is -0.512. The van der Waals surface area contributed by atoms with Crippen LogP contribution in [0, 0.1) is 0 Å². The molecule has 6 heteroatoms. The van der Waals surface area contributed by atoms with Gasteiger partial charge in [0.1, 0.15) is 13.2 Å². The average Bonchev–Trinajstić information content (AvgIpc) is 2.55. The first kappa shape index (κ1) is 15.3. The summed E-state index contributed by atoms with van der Waals surface area (Å²) in [4.78, 5) is 0. The average molecular weight is 327 g/mol. The number of benzene rings is 1. The van der Waals surface area contributed by atoms with E-state index in [1.165, 1.54) is 17.3 Å². The van der Waals surface area contributed by atoms with Crippen LogP contribution in [0.2, 0.25) is 0 Å². The summed E-state index contributed by atoms with van der Waals surface area (Å²) in [5.41, 5.74) is 0.873. The quantitative estimate of drug-likeness (QED) is 0.862. The normalized spacial score (nSPS) is 22.8. The molecule has 2 unspecified atom stereocenters. The van der Waals surface area contributed by atoms with Gasteiger partial charge in [-0.1, -0.05) is 6.07 Å². The van der Waals surface area contributed by atoms with E-state index in [0.29, 0.717) is 25.0 Å². The Labute approximate surface area is 134 Å². The summed E-state index contributed by atoms with van der Waals surface area (Å²) in [5.74, 6) is 5.21.